The number of hydrogen-bond acceptors (Lipinski definition) is 7. The van der Waals surface area contributed by atoms with Gasteiger partial charge in [0, 0.05) is 23.7 Å². The summed E-state index contributed by atoms with van der Waals surface area (Å²) in [6.45, 7) is 0. The average Bonchev–Trinajstić information content (AvgIpc) is 2.37. The summed E-state index contributed by atoms with van der Waals surface area (Å²) in [5, 5.41) is 2.93. The van der Waals surface area contributed by atoms with Crippen LogP contribution in [0.15, 0.2) is 34.3 Å². The van der Waals surface area contributed by atoms with Crippen molar-refractivity contribution >= 4 is 35.0 Å². The van der Waals surface area contributed by atoms with E-state index in [1.807, 2.05) is 0 Å². The molecule has 1 amide bonds. The second-order valence-electron chi connectivity index (χ2n) is 3.94. The monoisotopic (exact) mass is 290 g/mol. The Morgan fingerprint density at radius 1 is 1.15 bits per heavy atom. The van der Waals surface area contributed by atoms with Crippen LogP contribution in [-0.2, 0) is 0 Å². The Hall–Kier alpha value is -2.48. The summed E-state index contributed by atoms with van der Waals surface area (Å²) in [5.74, 6) is 0.320. The standard InChI is InChI=1S/C12H14N6OS/c1-16-11(19)7-3-2-6(13)4-8(7)20-12-17-9(14)5-10(15)18-12/h2-5H,13H2,1H3,(H,16,19)(H4,14,15,17,18). The highest BCUT2D eigenvalue weighted by Gasteiger charge is 2.13. The molecule has 0 aliphatic carbocycles. The van der Waals surface area contributed by atoms with Crippen LogP contribution in [0.4, 0.5) is 17.3 Å². The Kier molecular flexibility index (Phi) is 3.94. The number of aromatic nitrogens is 2. The van der Waals surface area contributed by atoms with Gasteiger partial charge in [-0.05, 0) is 30.0 Å². The maximum atomic E-state index is 11.8. The first-order valence-electron chi connectivity index (χ1n) is 5.69. The quantitative estimate of drug-likeness (QED) is 0.484. The molecule has 7 nitrogen and oxygen atoms in total. The fourth-order valence-electron chi connectivity index (χ4n) is 1.55. The summed E-state index contributed by atoms with van der Waals surface area (Å²) in [4.78, 5) is 20.6. The average molecular weight is 290 g/mol. The van der Waals surface area contributed by atoms with E-state index in [0.717, 1.165) is 0 Å². The summed E-state index contributed by atoms with van der Waals surface area (Å²) in [6.07, 6.45) is 0. The molecule has 2 rings (SSSR count). The summed E-state index contributed by atoms with van der Waals surface area (Å²) < 4.78 is 0. The van der Waals surface area contributed by atoms with Crippen molar-refractivity contribution in [1.82, 2.24) is 15.3 Å². The predicted molar refractivity (Wildman–Crippen MR) is 79.2 cm³/mol. The third-order valence-corrected chi connectivity index (χ3v) is 3.35. The second kappa shape index (κ2) is 5.66. The van der Waals surface area contributed by atoms with Gasteiger partial charge >= 0.3 is 0 Å². The molecule has 0 fully saturated rings. The lowest BCUT2D eigenvalue weighted by Crippen LogP contribution is -2.18. The molecule has 1 aromatic heterocycles. The maximum absolute atomic E-state index is 11.8. The van der Waals surface area contributed by atoms with E-state index < -0.39 is 0 Å². The number of nitrogen functional groups attached to an aromatic ring is 3. The number of carbonyl (C=O) groups is 1. The van der Waals surface area contributed by atoms with E-state index in [1.165, 1.54) is 17.8 Å². The van der Waals surface area contributed by atoms with Crippen molar-refractivity contribution in [2.75, 3.05) is 24.2 Å². The Morgan fingerprint density at radius 2 is 1.80 bits per heavy atom. The van der Waals surface area contributed by atoms with E-state index in [4.69, 9.17) is 17.2 Å². The largest absolute Gasteiger partial charge is 0.399 e. The Labute approximate surface area is 120 Å². The molecule has 7 N–H and O–H groups in total. The molecule has 0 saturated heterocycles. The lowest BCUT2D eigenvalue weighted by Gasteiger charge is -2.09. The number of nitrogens with zero attached hydrogens (tertiary/aromatic N) is 2. The van der Waals surface area contributed by atoms with Crippen LogP contribution in [0.25, 0.3) is 0 Å². The van der Waals surface area contributed by atoms with E-state index in [1.54, 1.807) is 25.2 Å². The lowest BCUT2D eigenvalue weighted by atomic mass is 10.2. The van der Waals surface area contributed by atoms with Gasteiger partial charge in [-0.1, -0.05) is 0 Å². The van der Waals surface area contributed by atoms with Gasteiger partial charge in [0.1, 0.15) is 11.6 Å². The minimum absolute atomic E-state index is 0.218. The van der Waals surface area contributed by atoms with Crippen molar-refractivity contribution in [3.05, 3.63) is 29.8 Å². The fraction of sp³-hybridized carbons (Fsp3) is 0.0833. The molecule has 1 heterocycles. The molecule has 20 heavy (non-hydrogen) atoms. The van der Waals surface area contributed by atoms with Crippen LogP contribution in [0.1, 0.15) is 10.4 Å². The predicted octanol–water partition coefficient (Wildman–Crippen LogP) is 0.734. The Morgan fingerprint density at radius 3 is 2.40 bits per heavy atom. The minimum Gasteiger partial charge on any atom is -0.399 e. The van der Waals surface area contributed by atoms with Crippen molar-refractivity contribution < 1.29 is 4.79 Å². The van der Waals surface area contributed by atoms with E-state index in [0.29, 0.717) is 21.3 Å². The smallest absolute Gasteiger partial charge is 0.252 e. The van der Waals surface area contributed by atoms with Crippen LogP contribution < -0.4 is 22.5 Å². The zero-order valence-electron chi connectivity index (χ0n) is 10.8. The van der Waals surface area contributed by atoms with Gasteiger partial charge in [0.2, 0.25) is 0 Å². The van der Waals surface area contributed by atoms with Crippen molar-refractivity contribution in [2.45, 2.75) is 10.1 Å². The molecular weight excluding hydrogens is 276 g/mol. The molecule has 0 aliphatic heterocycles. The summed E-state index contributed by atoms with van der Waals surface area (Å²) in [7, 11) is 1.56. The number of hydrogen-bond donors (Lipinski definition) is 4. The molecule has 0 saturated carbocycles. The number of benzene rings is 1. The fourth-order valence-corrected chi connectivity index (χ4v) is 2.52. The molecule has 0 radical (unpaired) electrons. The third-order valence-electron chi connectivity index (χ3n) is 2.42. The molecule has 0 bridgehead atoms. The van der Waals surface area contributed by atoms with E-state index in [-0.39, 0.29) is 17.5 Å². The zero-order valence-corrected chi connectivity index (χ0v) is 11.6. The first-order valence-corrected chi connectivity index (χ1v) is 6.50. The minimum atomic E-state index is -0.218. The summed E-state index contributed by atoms with van der Waals surface area (Å²) in [5.41, 5.74) is 18.0. The highest BCUT2D eigenvalue weighted by molar-refractivity contribution is 7.99. The van der Waals surface area contributed by atoms with Crippen LogP contribution >= 0.6 is 11.8 Å². The topological polar surface area (TPSA) is 133 Å². The molecule has 0 unspecified atom stereocenters. The van der Waals surface area contributed by atoms with Crippen molar-refractivity contribution in [3.63, 3.8) is 0 Å². The normalized spacial score (nSPS) is 10.2. The first-order chi connectivity index (χ1) is 9.49. The van der Waals surface area contributed by atoms with Gasteiger partial charge in [0.15, 0.2) is 5.16 Å². The Bertz CT molecular complexity index is 640. The van der Waals surface area contributed by atoms with Gasteiger partial charge in [0.05, 0.1) is 5.56 Å². The van der Waals surface area contributed by atoms with E-state index in [9.17, 15) is 4.79 Å². The van der Waals surface area contributed by atoms with Crippen LogP contribution in [0, 0.1) is 0 Å². The number of nitrogens with one attached hydrogen (secondary N) is 1. The number of amides is 1. The van der Waals surface area contributed by atoms with Crippen molar-refractivity contribution in [1.29, 1.82) is 0 Å². The highest BCUT2D eigenvalue weighted by atomic mass is 32.2. The van der Waals surface area contributed by atoms with Crippen molar-refractivity contribution in [3.8, 4) is 0 Å². The third kappa shape index (κ3) is 3.09. The second-order valence-corrected chi connectivity index (χ2v) is 4.95. The molecule has 0 spiro atoms. The summed E-state index contributed by atoms with van der Waals surface area (Å²) >= 11 is 1.18. The van der Waals surface area contributed by atoms with Gasteiger partial charge in [-0.15, -0.1) is 0 Å². The van der Waals surface area contributed by atoms with E-state index in [2.05, 4.69) is 15.3 Å². The van der Waals surface area contributed by atoms with Gasteiger partial charge in [-0.2, -0.15) is 0 Å². The van der Waals surface area contributed by atoms with Crippen LogP contribution in [0.5, 0.6) is 0 Å². The maximum Gasteiger partial charge on any atom is 0.252 e. The molecule has 8 heteroatoms. The van der Waals surface area contributed by atoms with Crippen molar-refractivity contribution in [2.24, 2.45) is 0 Å². The first kappa shape index (κ1) is 13.9. The number of carbonyl (C=O) groups excluding carboxylic acids is 1. The zero-order chi connectivity index (χ0) is 14.7. The summed E-state index contributed by atoms with van der Waals surface area (Å²) in [6, 6.07) is 6.44. The number of anilines is 3. The molecule has 0 atom stereocenters. The molecule has 2 aromatic rings. The molecule has 104 valence electrons. The van der Waals surface area contributed by atoms with Gasteiger partial charge in [0.25, 0.3) is 5.91 Å². The van der Waals surface area contributed by atoms with Gasteiger partial charge < -0.3 is 22.5 Å². The van der Waals surface area contributed by atoms with Crippen LogP contribution in [0.2, 0.25) is 0 Å². The van der Waals surface area contributed by atoms with Gasteiger partial charge in [-0.3, -0.25) is 4.79 Å². The SMILES string of the molecule is CNC(=O)c1ccc(N)cc1Sc1nc(N)cc(N)n1. The highest BCUT2D eigenvalue weighted by Crippen LogP contribution is 2.30. The van der Waals surface area contributed by atoms with E-state index >= 15 is 0 Å². The number of nitrogens with two attached hydrogens (primary N) is 3. The Balaban J connectivity index is 2.41. The molecule has 0 aliphatic rings. The number of rotatable bonds is 3. The van der Waals surface area contributed by atoms with Crippen LogP contribution in [-0.4, -0.2) is 22.9 Å². The molecule has 1 aromatic carbocycles. The lowest BCUT2D eigenvalue weighted by molar-refractivity contribution is 0.0960. The van der Waals surface area contributed by atoms with Gasteiger partial charge in [-0.25, -0.2) is 9.97 Å². The van der Waals surface area contributed by atoms with Crippen LogP contribution in [0.3, 0.4) is 0 Å². The molecular formula is C12H14N6OS.